The fourth-order valence-electron chi connectivity index (χ4n) is 3.33. The van der Waals surface area contributed by atoms with Gasteiger partial charge in [-0.25, -0.2) is 0 Å². The van der Waals surface area contributed by atoms with Crippen molar-refractivity contribution in [2.75, 3.05) is 6.54 Å². The summed E-state index contributed by atoms with van der Waals surface area (Å²) in [5.41, 5.74) is 1.33. The Morgan fingerprint density at radius 3 is 2.80 bits per heavy atom. The van der Waals surface area contributed by atoms with Crippen molar-refractivity contribution in [2.24, 2.45) is 5.92 Å². The van der Waals surface area contributed by atoms with Gasteiger partial charge in [-0.3, -0.25) is 4.68 Å². The van der Waals surface area contributed by atoms with E-state index in [-0.39, 0.29) is 0 Å². The quantitative estimate of drug-likeness (QED) is 0.744. The second-order valence-corrected chi connectivity index (χ2v) is 6.78. The third-order valence-electron chi connectivity index (χ3n) is 4.44. The number of hydrogen-bond donors (Lipinski definition) is 1. The maximum atomic E-state index is 4.47. The van der Waals surface area contributed by atoms with Gasteiger partial charge in [0.25, 0.3) is 0 Å². The molecule has 1 N–H and O–H groups in total. The van der Waals surface area contributed by atoms with Crippen molar-refractivity contribution in [1.29, 1.82) is 0 Å². The minimum absolute atomic E-state index is 0.437. The average molecular weight is 342 g/mol. The maximum absolute atomic E-state index is 4.47. The van der Waals surface area contributed by atoms with Crippen molar-refractivity contribution in [3.63, 3.8) is 0 Å². The van der Waals surface area contributed by atoms with E-state index < -0.39 is 0 Å². The molecule has 2 rings (SSSR count). The molecule has 1 fully saturated rings. The Morgan fingerprint density at radius 2 is 2.15 bits per heavy atom. The molecule has 1 aromatic heterocycles. The first-order chi connectivity index (χ1) is 9.76. The van der Waals surface area contributed by atoms with Crippen molar-refractivity contribution >= 4 is 15.9 Å². The van der Waals surface area contributed by atoms with Gasteiger partial charge in [0.05, 0.1) is 22.4 Å². The highest BCUT2D eigenvalue weighted by Gasteiger charge is 2.22. The van der Waals surface area contributed by atoms with Crippen LogP contribution in [0.3, 0.4) is 0 Å². The molecule has 1 aliphatic carbocycles. The Balaban J connectivity index is 2.03. The van der Waals surface area contributed by atoms with Gasteiger partial charge in [0.2, 0.25) is 0 Å². The normalized spacial score (nSPS) is 17.8. The number of rotatable bonds is 8. The van der Waals surface area contributed by atoms with Gasteiger partial charge in [-0.2, -0.15) is 5.10 Å². The number of halogens is 1. The number of nitrogens with zero attached hydrogens (tertiary/aromatic N) is 2. The summed E-state index contributed by atoms with van der Waals surface area (Å²) in [6, 6.07) is 0.437. The van der Waals surface area contributed by atoms with Gasteiger partial charge in [-0.15, -0.1) is 0 Å². The molecule has 1 unspecified atom stereocenters. The fraction of sp³-hybridized carbons (Fsp3) is 0.812. The Bertz CT molecular complexity index is 396. The zero-order valence-electron chi connectivity index (χ0n) is 12.9. The molecule has 1 aliphatic rings. The lowest BCUT2D eigenvalue weighted by molar-refractivity contribution is 0.393. The summed E-state index contributed by atoms with van der Waals surface area (Å²) in [6.45, 7) is 6.41. The standard InChI is InChI=1S/C16H28BrN3/c1-3-11-18-15(10-9-13-7-5-6-8-13)16-14(17)12-19-20(16)4-2/h12-13,15,18H,3-11H2,1-2H3. The molecule has 1 aromatic rings. The van der Waals surface area contributed by atoms with E-state index in [4.69, 9.17) is 0 Å². The van der Waals surface area contributed by atoms with Crippen molar-refractivity contribution in [2.45, 2.75) is 71.4 Å². The minimum Gasteiger partial charge on any atom is -0.309 e. The van der Waals surface area contributed by atoms with Gasteiger partial charge in [0, 0.05) is 6.54 Å². The lowest BCUT2D eigenvalue weighted by Gasteiger charge is -2.22. The fourth-order valence-corrected chi connectivity index (χ4v) is 3.90. The third kappa shape index (κ3) is 4.08. The Labute approximate surface area is 131 Å². The molecule has 4 heteroatoms. The van der Waals surface area contributed by atoms with Crippen molar-refractivity contribution in [3.05, 3.63) is 16.4 Å². The highest BCUT2D eigenvalue weighted by atomic mass is 79.9. The smallest absolute Gasteiger partial charge is 0.0695 e. The van der Waals surface area contributed by atoms with E-state index in [2.05, 4.69) is 44.9 Å². The van der Waals surface area contributed by atoms with Crippen molar-refractivity contribution in [1.82, 2.24) is 15.1 Å². The third-order valence-corrected chi connectivity index (χ3v) is 5.05. The van der Waals surface area contributed by atoms with Crippen LogP contribution in [-0.4, -0.2) is 16.3 Å². The Morgan fingerprint density at radius 1 is 1.40 bits per heavy atom. The number of aryl methyl sites for hydroxylation is 1. The molecule has 20 heavy (non-hydrogen) atoms. The second-order valence-electron chi connectivity index (χ2n) is 5.93. The first-order valence-corrected chi connectivity index (χ1v) is 9.00. The predicted octanol–water partition coefficient (Wildman–Crippen LogP) is 4.68. The van der Waals surface area contributed by atoms with E-state index >= 15 is 0 Å². The van der Waals surface area contributed by atoms with Crippen molar-refractivity contribution in [3.8, 4) is 0 Å². The summed E-state index contributed by atoms with van der Waals surface area (Å²) >= 11 is 3.68. The highest BCUT2D eigenvalue weighted by molar-refractivity contribution is 9.10. The Hall–Kier alpha value is -0.350. The van der Waals surface area contributed by atoms with Gasteiger partial charge in [-0.05, 0) is 54.6 Å². The summed E-state index contributed by atoms with van der Waals surface area (Å²) in [7, 11) is 0. The van der Waals surface area contributed by atoms with Crippen LogP contribution in [0.4, 0.5) is 0 Å². The molecule has 1 atom stereocenters. The van der Waals surface area contributed by atoms with E-state index in [0.29, 0.717) is 6.04 Å². The average Bonchev–Trinajstić information content (AvgIpc) is 3.09. The molecule has 0 amide bonds. The van der Waals surface area contributed by atoms with E-state index in [1.807, 2.05) is 6.20 Å². The molecular formula is C16H28BrN3. The van der Waals surface area contributed by atoms with Gasteiger partial charge < -0.3 is 5.32 Å². The summed E-state index contributed by atoms with van der Waals surface area (Å²) in [5, 5.41) is 8.19. The maximum Gasteiger partial charge on any atom is 0.0695 e. The molecule has 0 radical (unpaired) electrons. The molecule has 0 spiro atoms. The molecule has 1 saturated carbocycles. The minimum atomic E-state index is 0.437. The van der Waals surface area contributed by atoms with Crippen LogP contribution in [0.25, 0.3) is 0 Å². The number of hydrogen-bond acceptors (Lipinski definition) is 2. The van der Waals surface area contributed by atoms with Crippen LogP contribution in [0.5, 0.6) is 0 Å². The van der Waals surface area contributed by atoms with E-state index in [9.17, 15) is 0 Å². The molecular weight excluding hydrogens is 314 g/mol. The lowest BCUT2D eigenvalue weighted by Crippen LogP contribution is -2.25. The molecule has 114 valence electrons. The highest BCUT2D eigenvalue weighted by Crippen LogP contribution is 2.33. The molecule has 1 heterocycles. The van der Waals surface area contributed by atoms with E-state index in [0.717, 1.165) is 23.5 Å². The molecule has 0 bridgehead atoms. The largest absolute Gasteiger partial charge is 0.309 e. The topological polar surface area (TPSA) is 29.9 Å². The van der Waals surface area contributed by atoms with Crippen LogP contribution in [0.2, 0.25) is 0 Å². The van der Waals surface area contributed by atoms with Crippen molar-refractivity contribution < 1.29 is 0 Å². The van der Waals surface area contributed by atoms with Crippen LogP contribution < -0.4 is 5.32 Å². The first-order valence-electron chi connectivity index (χ1n) is 8.20. The first kappa shape index (κ1) is 16.0. The van der Waals surface area contributed by atoms with Crippen LogP contribution in [0.1, 0.15) is 70.5 Å². The number of nitrogens with one attached hydrogen (secondary N) is 1. The van der Waals surface area contributed by atoms with Crippen LogP contribution >= 0.6 is 15.9 Å². The van der Waals surface area contributed by atoms with Gasteiger partial charge in [0.15, 0.2) is 0 Å². The zero-order chi connectivity index (χ0) is 14.4. The van der Waals surface area contributed by atoms with E-state index in [1.165, 1.54) is 50.6 Å². The monoisotopic (exact) mass is 341 g/mol. The summed E-state index contributed by atoms with van der Waals surface area (Å²) in [6.07, 6.45) is 11.5. The summed E-state index contributed by atoms with van der Waals surface area (Å²) in [4.78, 5) is 0. The van der Waals surface area contributed by atoms with Gasteiger partial charge in [0.1, 0.15) is 0 Å². The Kier molecular flexibility index (Phi) is 6.56. The van der Waals surface area contributed by atoms with Gasteiger partial charge >= 0.3 is 0 Å². The predicted molar refractivity (Wildman–Crippen MR) is 87.8 cm³/mol. The SMILES string of the molecule is CCCNC(CCC1CCCC1)c1c(Br)cnn1CC. The lowest BCUT2D eigenvalue weighted by atomic mass is 9.97. The van der Waals surface area contributed by atoms with Crippen LogP contribution in [0, 0.1) is 5.92 Å². The molecule has 0 aliphatic heterocycles. The molecule has 0 aromatic carbocycles. The molecule has 0 saturated heterocycles. The number of aromatic nitrogens is 2. The van der Waals surface area contributed by atoms with Crippen LogP contribution in [-0.2, 0) is 6.54 Å². The summed E-state index contributed by atoms with van der Waals surface area (Å²) in [5.74, 6) is 0.956. The second kappa shape index (κ2) is 8.18. The molecule has 3 nitrogen and oxygen atoms in total. The zero-order valence-corrected chi connectivity index (χ0v) is 14.5. The summed E-state index contributed by atoms with van der Waals surface area (Å²) < 4.78 is 3.28. The van der Waals surface area contributed by atoms with Gasteiger partial charge in [-0.1, -0.05) is 32.6 Å². The van der Waals surface area contributed by atoms with Crippen LogP contribution in [0.15, 0.2) is 10.7 Å². The van der Waals surface area contributed by atoms with E-state index in [1.54, 1.807) is 0 Å².